The van der Waals surface area contributed by atoms with Crippen LogP contribution in [0.15, 0.2) is 65.6 Å². The molecular weight excluding hydrogens is 486 g/mol. The van der Waals surface area contributed by atoms with E-state index in [9.17, 15) is 13.2 Å². The van der Waals surface area contributed by atoms with Gasteiger partial charge in [-0.2, -0.15) is 0 Å². The third-order valence-electron chi connectivity index (χ3n) is 4.67. The van der Waals surface area contributed by atoms with Gasteiger partial charge in [-0.3, -0.25) is 14.8 Å². The van der Waals surface area contributed by atoms with Crippen LogP contribution in [0.4, 0.5) is 10.8 Å². The van der Waals surface area contributed by atoms with Crippen LogP contribution in [0, 0.1) is 0 Å². The van der Waals surface area contributed by atoms with Crippen LogP contribution in [-0.2, 0) is 10.0 Å². The maximum atomic E-state index is 12.6. The van der Waals surface area contributed by atoms with E-state index < -0.39 is 15.9 Å². The molecule has 0 fully saturated rings. The van der Waals surface area contributed by atoms with Gasteiger partial charge in [0.15, 0.2) is 5.13 Å². The maximum Gasteiger partial charge on any atom is 0.261 e. The van der Waals surface area contributed by atoms with Crippen LogP contribution in [-0.4, -0.2) is 33.5 Å². The van der Waals surface area contributed by atoms with Crippen LogP contribution in [0.5, 0.6) is 11.5 Å². The number of nitrogens with one attached hydrogen (secondary N) is 2. The second-order valence-electron chi connectivity index (χ2n) is 6.76. The number of methoxy groups -OCH3 is 2. The third kappa shape index (κ3) is 4.87. The molecule has 0 aliphatic rings. The van der Waals surface area contributed by atoms with E-state index in [4.69, 9.17) is 21.1 Å². The summed E-state index contributed by atoms with van der Waals surface area (Å²) in [7, 11) is -0.750. The molecule has 0 spiro atoms. The number of carbonyl (C=O) groups excluding carboxylic acids is 1. The largest absolute Gasteiger partial charge is 0.497 e. The van der Waals surface area contributed by atoms with Crippen molar-refractivity contribution in [2.75, 3.05) is 24.3 Å². The fraction of sp³-hybridized carbons (Fsp3) is 0.0909. The van der Waals surface area contributed by atoms with Crippen molar-refractivity contribution in [2.45, 2.75) is 4.90 Å². The lowest BCUT2D eigenvalue weighted by molar-refractivity contribution is 0.102. The Bertz CT molecular complexity index is 1420. The highest BCUT2D eigenvalue weighted by molar-refractivity contribution is 7.92. The van der Waals surface area contributed by atoms with Gasteiger partial charge >= 0.3 is 0 Å². The first-order valence-electron chi connectivity index (χ1n) is 9.52. The number of halogens is 1. The second kappa shape index (κ2) is 9.26. The van der Waals surface area contributed by atoms with Crippen molar-refractivity contribution < 1.29 is 22.7 Å². The van der Waals surface area contributed by atoms with Gasteiger partial charge < -0.3 is 9.47 Å². The SMILES string of the molecule is COc1ccc(S(=O)(=O)Nc2ccc(C(=O)Nc3nc4c(OC)ccc(Cl)c4s3)cc2)cc1. The van der Waals surface area contributed by atoms with Crippen LogP contribution in [0.1, 0.15) is 10.4 Å². The normalized spacial score (nSPS) is 11.2. The van der Waals surface area contributed by atoms with Gasteiger partial charge in [-0.05, 0) is 60.7 Å². The summed E-state index contributed by atoms with van der Waals surface area (Å²) in [5.74, 6) is 0.714. The summed E-state index contributed by atoms with van der Waals surface area (Å²) in [6, 6.07) is 15.5. The van der Waals surface area contributed by atoms with E-state index in [0.717, 1.165) is 0 Å². The summed E-state index contributed by atoms with van der Waals surface area (Å²) in [6.07, 6.45) is 0. The Hall–Kier alpha value is -3.34. The molecule has 4 aromatic rings. The van der Waals surface area contributed by atoms with Crippen molar-refractivity contribution in [3.8, 4) is 11.5 Å². The van der Waals surface area contributed by atoms with Gasteiger partial charge in [0.1, 0.15) is 17.0 Å². The van der Waals surface area contributed by atoms with Crippen LogP contribution in [0.2, 0.25) is 5.02 Å². The van der Waals surface area contributed by atoms with Gasteiger partial charge in [-0.1, -0.05) is 22.9 Å². The molecule has 3 aromatic carbocycles. The lowest BCUT2D eigenvalue weighted by Gasteiger charge is -2.09. The number of ether oxygens (including phenoxy) is 2. The number of benzene rings is 3. The molecule has 1 heterocycles. The van der Waals surface area contributed by atoms with Crippen molar-refractivity contribution in [1.29, 1.82) is 0 Å². The average Bonchev–Trinajstić information content (AvgIpc) is 3.24. The summed E-state index contributed by atoms with van der Waals surface area (Å²) < 4.78 is 38.7. The third-order valence-corrected chi connectivity index (χ3v) is 7.50. The average molecular weight is 504 g/mol. The molecule has 170 valence electrons. The Morgan fingerprint density at radius 2 is 1.67 bits per heavy atom. The predicted molar refractivity (Wildman–Crippen MR) is 129 cm³/mol. The molecule has 11 heteroatoms. The van der Waals surface area contributed by atoms with Gasteiger partial charge in [-0.15, -0.1) is 0 Å². The van der Waals surface area contributed by atoms with Crippen molar-refractivity contribution in [3.05, 3.63) is 71.2 Å². The minimum absolute atomic E-state index is 0.0926. The molecule has 0 aliphatic heterocycles. The molecule has 0 unspecified atom stereocenters. The van der Waals surface area contributed by atoms with E-state index in [1.165, 1.54) is 62.0 Å². The first-order valence-corrected chi connectivity index (χ1v) is 12.2. The van der Waals surface area contributed by atoms with Gasteiger partial charge in [0, 0.05) is 11.3 Å². The number of amides is 1. The molecule has 33 heavy (non-hydrogen) atoms. The number of fused-ring (bicyclic) bond motifs is 1. The molecule has 0 atom stereocenters. The van der Waals surface area contributed by atoms with Crippen molar-refractivity contribution >= 4 is 59.9 Å². The van der Waals surface area contributed by atoms with Crippen LogP contribution in [0.3, 0.4) is 0 Å². The van der Waals surface area contributed by atoms with Crippen molar-refractivity contribution in [2.24, 2.45) is 0 Å². The first-order chi connectivity index (χ1) is 15.8. The van der Waals surface area contributed by atoms with E-state index in [2.05, 4.69) is 15.0 Å². The number of hydrogen-bond acceptors (Lipinski definition) is 7. The van der Waals surface area contributed by atoms with E-state index in [-0.39, 0.29) is 4.90 Å². The standard InChI is InChI=1S/C22H18ClN3O5S2/c1-30-15-7-9-16(10-8-15)33(28,29)26-14-5-3-13(4-6-14)21(27)25-22-24-19-18(31-2)12-11-17(23)20(19)32-22/h3-12,26H,1-2H3,(H,24,25,27). The minimum atomic E-state index is -3.78. The number of rotatable bonds is 7. The van der Waals surface area contributed by atoms with E-state index in [1.54, 1.807) is 24.3 Å². The first kappa shape index (κ1) is 22.8. The topological polar surface area (TPSA) is 107 Å². The van der Waals surface area contributed by atoms with E-state index in [0.29, 0.717) is 43.1 Å². The number of thiazole rings is 1. The zero-order chi connectivity index (χ0) is 23.6. The molecule has 0 saturated heterocycles. The Morgan fingerprint density at radius 1 is 0.970 bits per heavy atom. The Morgan fingerprint density at radius 3 is 2.30 bits per heavy atom. The fourth-order valence-corrected chi connectivity index (χ4v) is 5.21. The van der Waals surface area contributed by atoms with Gasteiger partial charge in [0.05, 0.1) is 28.8 Å². The van der Waals surface area contributed by atoms with Crippen molar-refractivity contribution in [1.82, 2.24) is 4.98 Å². The lowest BCUT2D eigenvalue weighted by Crippen LogP contribution is -2.14. The Balaban J connectivity index is 1.48. The number of anilines is 2. The number of aromatic nitrogens is 1. The minimum Gasteiger partial charge on any atom is -0.497 e. The molecule has 0 radical (unpaired) electrons. The quantitative estimate of drug-likeness (QED) is 0.367. The second-order valence-corrected chi connectivity index (χ2v) is 9.85. The number of hydrogen-bond donors (Lipinski definition) is 2. The predicted octanol–water partition coefficient (Wildman–Crippen LogP) is 5.02. The monoisotopic (exact) mass is 503 g/mol. The molecule has 4 rings (SSSR count). The van der Waals surface area contributed by atoms with Gasteiger partial charge in [0.2, 0.25) is 0 Å². The molecule has 0 bridgehead atoms. The highest BCUT2D eigenvalue weighted by Gasteiger charge is 2.17. The van der Waals surface area contributed by atoms with Crippen molar-refractivity contribution in [3.63, 3.8) is 0 Å². The highest BCUT2D eigenvalue weighted by Crippen LogP contribution is 2.37. The van der Waals surface area contributed by atoms with Crippen LogP contribution < -0.4 is 19.5 Å². The fourth-order valence-electron chi connectivity index (χ4n) is 3.00. The summed E-state index contributed by atoms with van der Waals surface area (Å²) >= 11 is 7.45. The molecule has 8 nitrogen and oxygen atoms in total. The molecule has 0 aliphatic carbocycles. The van der Waals surface area contributed by atoms with E-state index >= 15 is 0 Å². The molecule has 0 saturated carbocycles. The Labute approximate surface area is 199 Å². The summed E-state index contributed by atoms with van der Waals surface area (Å²) in [5, 5.41) is 3.61. The molecule has 1 aromatic heterocycles. The zero-order valence-corrected chi connectivity index (χ0v) is 19.8. The summed E-state index contributed by atoms with van der Waals surface area (Å²) in [4.78, 5) is 17.1. The number of nitrogens with zero attached hydrogens (tertiary/aromatic N) is 1. The molecule has 1 amide bonds. The van der Waals surface area contributed by atoms with Crippen LogP contribution >= 0.6 is 22.9 Å². The summed E-state index contributed by atoms with van der Waals surface area (Å²) in [5.41, 5.74) is 1.21. The molecular formula is C22H18ClN3O5S2. The van der Waals surface area contributed by atoms with Crippen LogP contribution in [0.25, 0.3) is 10.2 Å². The lowest BCUT2D eigenvalue weighted by atomic mass is 10.2. The van der Waals surface area contributed by atoms with E-state index in [1.807, 2.05) is 0 Å². The number of sulfonamides is 1. The highest BCUT2D eigenvalue weighted by atomic mass is 35.5. The maximum absolute atomic E-state index is 12.6. The van der Waals surface area contributed by atoms with Gasteiger partial charge in [0.25, 0.3) is 15.9 Å². The molecule has 2 N–H and O–H groups in total. The Kier molecular flexibility index (Phi) is 6.41. The zero-order valence-electron chi connectivity index (χ0n) is 17.5. The smallest absolute Gasteiger partial charge is 0.261 e. The summed E-state index contributed by atoms with van der Waals surface area (Å²) in [6.45, 7) is 0. The van der Waals surface area contributed by atoms with Gasteiger partial charge in [-0.25, -0.2) is 13.4 Å². The number of carbonyl (C=O) groups is 1.